The molecule has 2 rings (SSSR count). The molecule has 1 aromatic heterocycles. The summed E-state index contributed by atoms with van der Waals surface area (Å²) in [7, 11) is 0. The molecule has 2 aromatic rings. The number of carbonyl (C=O) groups excluding carboxylic acids is 1. The Balaban J connectivity index is 2.32. The molecule has 0 aliphatic carbocycles. The number of aromatic amines is 1. The maximum atomic E-state index is 11.6. The van der Waals surface area contributed by atoms with Crippen molar-refractivity contribution in [2.45, 2.75) is 20.3 Å². The zero-order valence-electron chi connectivity index (χ0n) is 11.5. The number of benzene rings is 1. The monoisotopic (exact) mass is 512 g/mol. The number of aromatic hydroxyl groups is 1. The Morgan fingerprint density at radius 1 is 1.38 bits per heavy atom. The van der Waals surface area contributed by atoms with Crippen LogP contribution < -0.4 is 0 Å². The van der Waals surface area contributed by atoms with Crippen molar-refractivity contribution in [3.63, 3.8) is 0 Å². The first-order chi connectivity index (χ1) is 9.92. The number of carbonyl (C=O) groups is 1. The van der Waals surface area contributed by atoms with Crippen molar-refractivity contribution in [3.8, 4) is 17.1 Å². The second kappa shape index (κ2) is 6.95. The Labute approximate surface area is 149 Å². The smallest absolute Gasteiger partial charge is 0.311 e. The third kappa shape index (κ3) is 3.87. The van der Waals surface area contributed by atoms with Gasteiger partial charge in [-0.1, -0.05) is 0 Å². The molecule has 1 heterocycles. The highest BCUT2D eigenvalue weighted by atomic mass is 127. The maximum absolute atomic E-state index is 11.6. The number of aryl methyl sites for hydroxylation is 1. The van der Waals surface area contributed by atoms with Crippen LogP contribution in [0.25, 0.3) is 11.4 Å². The molecule has 112 valence electrons. The van der Waals surface area contributed by atoms with Gasteiger partial charge >= 0.3 is 5.97 Å². The predicted molar refractivity (Wildman–Crippen MR) is 96.2 cm³/mol. The van der Waals surface area contributed by atoms with Crippen LogP contribution in [-0.2, 0) is 16.0 Å². The zero-order valence-corrected chi connectivity index (χ0v) is 15.9. The van der Waals surface area contributed by atoms with E-state index in [1.165, 1.54) is 0 Å². The highest BCUT2D eigenvalue weighted by Gasteiger charge is 2.15. The van der Waals surface area contributed by atoms with Crippen LogP contribution in [0.4, 0.5) is 0 Å². The molecular formula is C14H14I2N2O3. The number of aromatic nitrogens is 2. The summed E-state index contributed by atoms with van der Waals surface area (Å²) in [5.41, 5.74) is 2.40. The van der Waals surface area contributed by atoms with Gasteiger partial charge < -0.3 is 14.8 Å². The fourth-order valence-electron chi connectivity index (χ4n) is 1.86. The van der Waals surface area contributed by atoms with Crippen LogP contribution in [0, 0.1) is 14.1 Å². The summed E-state index contributed by atoms with van der Waals surface area (Å²) < 4.78 is 6.46. The molecule has 0 aliphatic heterocycles. The molecule has 0 unspecified atom stereocenters. The van der Waals surface area contributed by atoms with Crippen LogP contribution in [0.2, 0.25) is 0 Å². The molecule has 0 saturated heterocycles. The van der Waals surface area contributed by atoms with Crippen molar-refractivity contribution in [2.24, 2.45) is 0 Å². The fourth-order valence-corrected chi connectivity index (χ4v) is 3.62. The average Bonchev–Trinajstić information content (AvgIpc) is 2.77. The molecule has 21 heavy (non-hydrogen) atoms. The van der Waals surface area contributed by atoms with E-state index >= 15 is 0 Å². The molecule has 0 bridgehead atoms. The molecular weight excluding hydrogens is 498 g/mol. The highest BCUT2D eigenvalue weighted by molar-refractivity contribution is 14.1. The Kier molecular flexibility index (Phi) is 5.47. The lowest BCUT2D eigenvalue weighted by molar-refractivity contribution is -0.142. The van der Waals surface area contributed by atoms with Gasteiger partial charge in [-0.05, 0) is 71.2 Å². The predicted octanol–water partition coefficient (Wildman–Crippen LogP) is 3.41. The molecule has 1 aromatic carbocycles. The number of ether oxygens (including phenoxy) is 1. The topological polar surface area (TPSA) is 75.2 Å². The van der Waals surface area contributed by atoms with E-state index in [-0.39, 0.29) is 18.1 Å². The summed E-state index contributed by atoms with van der Waals surface area (Å²) >= 11 is 4.16. The van der Waals surface area contributed by atoms with Crippen molar-refractivity contribution in [1.82, 2.24) is 9.97 Å². The Bertz CT molecular complexity index is 660. The van der Waals surface area contributed by atoms with Crippen LogP contribution >= 0.6 is 45.2 Å². The van der Waals surface area contributed by atoms with E-state index < -0.39 is 0 Å². The van der Waals surface area contributed by atoms with Crippen molar-refractivity contribution in [1.29, 1.82) is 0 Å². The number of phenols is 1. The van der Waals surface area contributed by atoms with E-state index in [0.29, 0.717) is 18.1 Å². The van der Waals surface area contributed by atoms with Crippen LogP contribution in [0.3, 0.4) is 0 Å². The first-order valence-electron chi connectivity index (χ1n) is 6.31. The lowest BCUT2D eigenvalue weighted by Crippen LogP contribution is -2.08. The standard InChI is InChI=1S/C14H14I2N2O3/c1-3-21-12(19)6-11-7(2)17-14(18-11)8-4-9(15)13(20)10(16)5-8/h4-5,20H,3,6H2,1-2H3,(H,17,18). The van der Waals surface area contributed by atoms with Gasteiger partial charge in [-0.25, -0.2) is 4.98 Å². The van der Waals surface area contributed by atoms with E-state index in [4.69, 9.17) is 4.74 Å². The van der Waals surface area contributed by atoms with Gasteiger partial charge in [0.1, 0.15) is 11.6 Å². The van der Waals surface area contributed by atoms with E-state index in [2.05, 4.69) is 55.1 Å². The minimum Gasteiger partial charge on any atom is -0.506 e. The van der Waals surface area contributed by atoms with Crippen LogP contribution in [0.15, 0.2) is 12.1 Å². The Morgan fingerprint density at radius 2 is 2.00 bits per heavy atom. The van der Waals surface area contributed by atoms with E-state index in [9.17, 15) is 9.90 Å². The van der Waals surface area contributed by atoms with E-state index in [1.807, 2.05) is 19.1 Å². The second-order valence-corrected chi connectivity index (χ2v) is 6.75. The molecule has 7 heteroatoms. The fraction of sp³-hybridized carbons (Fsp3) is 0.286. The molecule has 0 saturated carbocycles. The number of rotatable bonds is 4. The van der Waals surface area contributed by atoms with E-state index in [0.717, 1.165) is 18.4 Å². The third-order valence-corrected chi connectivity index (χ3v) is 4.54. The summed E-state index contributed by atoms with van der Waals surface area (Å²) in [4.78, 5) is 19.2. The third-order valence-electron chi connectivity index (χ3n) is 2.89. The Hall–Kier alpha value is -0.840. The summed E-state index contributed by atoms with van der Waals surface area (Å²) in [6.45, 7) is 4.02. The molecule has 0 spiro atoms. The molecule has 0 atom stereocenters. The quantitative estimate of drug-likeness (QED) is 0.487. The molecule has 2 N–H and O–H groups in total. The lowest BCUT2D eigenvalue weighted by atomic mass is 10.2. The van der Waals surface area contributed by atoms with Crippen LogP contribution in [0.1, 0.15) is 18.3 Å². The number of nitrogens with zero attached hydrogens (tertiary/aromatic N) is 1. The number of esters is 1. The van der Waals surface area contributed by atoms with Gasteiger partial charge in [-0.2, -0.15) is 0 Å². The van der Waals surface area contributed by atoms with Crippen molar-refractivity contribution in [2.75, 3.05) is 6.61 Å². The van der Waals surface area contributed by atoms with E-state index in [1.54, 1.807) is 6.92 Å². The second-order valence-electron chi connectivity index (χ2n) is 4.43. The molecule has 0 amide bonds. The number of hydrogen-bond acceptors (Lipinski definition) is 4. The number of halogens is 2. The SMILES string of the molecule is CCOC(=O)Cc1nc(-c2cc(I)c(O)c(I)c2)[nH]c1C. The summed E-state index contributed by atoms with van der Waals surface area (Å²) in [6.07, 6.45) is 0.155. The van der Waals surface area contributed by atoms with Crippen molar-refractivity contribution in [3.05, 3.63) is 30.7 Å². The van der Waals surface area contributed by atoms with Crippen molar-refractivity contribution < 1.29 is 14.6 Å². The van der Waals surface area contributed by atoms with Crippen molar-refractivity contribution >= 4 is 51.2 Å². The minimum atomic E-state index is -0.284. The zero-order chi connectivity index (χ0) is 15.6. The van der Waals surface area contributed by atoms with Gasteiger partial charge in [-0.3, -0.25) is 4.79 Å². The largest absolute Gasteiger partial charge is 0.506 e. The summed E-state index contributed by atoms with van der Waals surface area (Å²) in [5.74, 6) is 0.672. The van der Waals surface area contributed by atoms with Crippen LogP contribution in [0.5, 0.6) is 5.75 Å². The molecule has 0 aliphatic rings. The highest BCUT2D eigenvalue weighted by Crippen LogP contribution is 2.31. The number of imidazole rings is 1. The van der Waals surface area contributed by atoms with Gasteiger partial charge in [0.25, 0.3) is 0 Å². The summed E-state index contributed by atoms with van der Waals surface area (Å²) in [6, 6.07) is 3.70. The number of nitrogens with one attached hydrogen (secondary N) is 1. The maximum Gasteiger partial charge on any atom is 0.311 e. The first kappa shape index (κ1) is 16.5. The van der Waals surface area contributed by atoms with Gasteiger partial charge in [0, 0.05) is 11.3 Å². The lowest BCUT2D eigenvalue weighted by Gasteiger charge is -2.03. The van der Waals surface area contributed by atoms with Crippen LogP contribution in [-0.4, -0.2) is 27.7 Å². The molecule has 0 fully saturated rings. The van der Waals surface area contributed by atoms with Gasteiger partial charge in [0.2, 0.25) is 0 Å². The number of phenolic OH excluding ortho intramolecular Hbond substituents is 1. The average molecular weight is 512 g/mol. The van der Waals surface area contributed by atoms with Gasteiger partial charge in [-0.15, -0.1) is 0 Å². The van der Waals surface area contributed by atoms with Gasteiger partial charge in [0.15, 0.2) is 0 Å². The number of H-pyrrole nitrogens is 1. The number of hydrogen-bond donors (Lipinski definition) is 2. The van der Waals surface area contributed by atoms with Gasteiger partial charge in [0.05, 0.1) is 25.9 Å². The molecule has 5 nitrogen and oxygen atoms in total. The Morgan fingerprint density at radius 3 is 2.57 bits per heavy atom. The first-order valence-corrected chi connectivity index (χ1v) is 8.47. The normalized spacial score (nSPS) is 10.7. The summed E-state index contributed by atoms with van der Waals surface area (Å²) in [5, 5.41) is 9.81. The molecule has 0 radical (unpaired) electrons. The minimum absolute atomic E-state index is 0.155.